The Morgan fingerprint density at radius 1 is 1.07 bits per heavy atom. The third-order valence-electron chi connectivity index (χ3n) is 4.84. The molecule has 3 rings (SSSR count). The van der Waals surface area contributed by atoms with Crippen LogP contribution in [-0.2, 0) is 4.79 Å². The van der Waals surface area contributed by atoms with Crippen LogP contribution in [0.3, 0.4) is 0 Å². The molecule has 1 heterocycles. The molecule has 1 amide bonds. The minimum absolute atomic E-state index is 0.0693. The first-order valence-corrected chi connectivity index (χ1v) is 9.31. The Bertz CT molecular complexity index is 716. The number of anilines is 1. The van der Waals surface area contributed by atoms with Gasteiger partial charge in [-0.2, -0.15) is 0 Å². The summed E-state index contributed by atoms with van der Waals surface area (Å²) in [4.78, 5) is 16.7. The van der Waals surface area contributed by atoms with E-state index in [9.17, 15) is 9.18 Å². The minimum Gasteiger partial charge on any atom is -0.484 e. The van der Waals surface area contributed by atoms with Crippen LogP contribution in [0.5, 0.6) is 5.75 Å². The van der Waals surface area contributed by atoms with Gasteiger partial charge in [-0.15, -0.1) is 0 Å². The fourth-order valence-electron chi connectivity index (χ4n) is 3.18. The summed E-state index contributed by atoms with van der Waals surface area (Å²) in [5, 5.41) is 2.91. The van der Waals surface area contributed by atoms with Crippen LogP contribution in [0.15, 0.2) is 54.6 Å². The lowest BCUT2D eigenvalue weighted by Gasteiger charge is -2.39. The normalized spacial score (nSPS) is 16.0. The Morgan fingerprint density at radius 2 is 1.74 bits per heavy atom. The molecule has 6 heteroatoms. The van der Waals surface area contributed by atoms with Gasteiger partial charge >= 0.3 is 0 Å². The summed E-state index contributed by atoms with van der Waals surface area (Å²) >= 11 is 0. The van der Waals surface area contributed by atoms with Crippen molar-refractivity contribution in [3.63, 3.8) is 0 Å². The first kappa shape index (κ1) is 19.2. The second-order valence-electron chi connectivity index (χ2n) is 6.75. The van der Waals surface area contributed by atoms with E-state index in [0.717, 1.165) is 26.2 Å². The highest BCUT2D eigenvalue weighted by molar-refractivity contribution is 5.77. The fraction of sp³-hybridized carbons (Fsp3) is 0.381. The maximum Gasteiger partial charge on any atom is 0.257 e. The SMILES string of the molecule is C[C@H](CNC(=O)COc1ccc(F)cc1)N1CCN(c2ccccc2)CC1. The summed E-state index contributed by atoms with van der Waals surface area (Å²) in [6.07, 6.45) is 0. The highest BCUT2D eigenvalue weighted by atomic mass is 19.1. The molecule has 1 saturated heterocycles. The smallest absolute Gasteiger partial charge is 0.257 e. The highest BCUT2D eigenvalue weighted by Gasteiger charge is 2.21. The van der Waals surface area contributed by atoms with Crippen LogP contribution >= 0.6 is 0 Å². The van der Waals surface area contributed by atoms with E-state index in [0.29, 0.717) is 12.3 Å². The molecule has 0 radical (unpaired) electrons. The number of ether oxygens (including phenoxy) is 1. The molecule has 1 atom stereocenters. The first-order valence-electron chi connectivity index (χ1n) is 9.31. The summed E-state index contributed by atoms with van der Waals surface area (Å²) < 4.78 is 18.2. The molecule has 5 nitrogen and oxygen atoms in total. The number of piperazine rings is 1. The molecule has 0 bridgehead atoms. The Morgan fingerprint density at radius 3 is 2.41 bits per heavy atom. The Hall–Kier alpha value is -2.60. The molecule has 0 saturated carbocycles. The van der Waals surface area contributed by atoms with Gasteiger partial charge in [-0.05, 0) is 43.3 Å². The molecule has 1 aliphatic heterocycles. The summed E-state index contributed by atoms with van der Waals surface area (Å²) in [5.74, 6) is -0.0151. The number of nitrogens with zero attached hydrogens (tertiary/aromatic N) is 2. The number of nitrogens with one attached hydrogen (secondary N) is 1. The van der Waals surface area contributed by atoms with E-state index in [-0.39, 0.29) is 24.4 Å². The Balaban J connectivity index is 1.36. The van der Waals surface area contributed by atoms with E-state index < -0.39 is 0 Å². The molecule has 1 fully saturated rings. The number of benzene rings is 2. The van der Waals surface area contributed by atoms with Gasteiger partial charge in [-0.25, -0.2) is 4.39 Å². The van der Waals surface area contributed by atoms with Crippen molar-refractivity contribution in [2.24, 2.45) is 0 Å². The van der Waals surface area contributed by atoms with Crippen molar-refractivity contribution in [1.82, 2.24) is 10.2 Å². The minimum atomic E-state index is -0.326. The van der Waals surface area contributed by atoms with Gasteiger partial charge in [0, 0.05) is 44.5 Å². The van der Waals surface area contributed by atoms with E-state index in [1.165, 1.54) is 30.0 Å². The van der Waals surface area contributed by atoms with Crippen LogP contribution in [0.2, 0.25) is 0 Å². The van der Waals surface area contributed by atoms with Crippen molar-refractivity contribution in [1.29, 1.82) is 0 Å². The summed E-state index contributed by atoms with van der Waals surface area (Å²) in [6.45, 7) is 6.54. The largest absolute Gasteiger partial charge is 0.484 e. The van der Waals surface area contributed by atoms with Crippen molar-refractivity contribution in [2.75, 3.05) is 44.2 Å². The van der Waals surface area contributed by atoms with Crippen molar-refractivity contribution in [2.45, 2.75) is 13.0 Å². The zero-order valence-corrected chi connectivity index (χ0v) is 15.6. The second-order valence-corrected chi connectivity index (χ2v) is 6.75. The Kier molecular flexibility index (Phi) is 6.65. The zero-order chi connectivity index (χ0) is 19.1. The topological polar surface area (TPSA) is 44.8 Å². The van der Waals surface area contributed by atoms with Crippen molar-refractivity contribution < 1.29 is 13.9 Å². The van der Waals surface area contributed by atoms with E-state index in [2.05, 4.69) is 46.3 Å². The van der Waals surface area contributed by atoms with Gasteiger partial charge in [0.1, 0.15) is 11.6 Å². The van der Waals surface area contributed by atoms with Crippen LogP contribution in [0.4, 0.5) is 10.1 Å². The lowest BCUT2D eigenvalue weighted by Crippen LogP contribution is -2.52. The van der Waals surface area contributed by atoms with Gasteiger partial charge in [0.2, 0.25) is 0 Å². The number of carbonyl (C=O) groups is 1. The van der Waals surface area contributed by atoms with E-state index in [1.807, 2.05) is 6.07 Å². The summed E-state index contributed by atoms with van der Waals surface area (Å²) in [5.41, 5.74) is 1.26. The first-order chi connectivity index (χ1) is 13.1. The number of carbonyl (C=O) groups excluding carboxylic acids is 1. The molecule has 1 N–H and O–H groups in total. The van der Waals surface area contributed by atoms with Gasteiger partial charge in [0.25, 0.3) is 5.91 Å². The molecule has 0 aromatic heterocycles. The lowest BCUT2D eigenvalue weighted by atomic mass is 10.2. The van der Waals surface area contributed by atoms with Gasteiger partial charge < -0.3 is 15.0 Å². The fourth-order valence-corrected chi connectivity index (χ4v) is 3.18. The van der Waals surface area contributed by atoms with E-state index in [4.69, 9.17) is 4.74 Å². The average Bonchev–Trinajstić information content (AvgIpc) is 2.72. The van der Waals surface area contributed by atoms with Crippen LogP contribution in [-0.4, -0.2) is 56.2 Å². The standard InChI is InChI=1S/C21H26FN3O2/c1-17(15-23-21(26)16-27-20-9-7-18(22)8-10-20)24-11-13-25(14-12-24)19-5-3-2-4-6-19/h2-10,17H,11-16H2,1H3,(H,23,26)/t17-/m1/s1. The van der Waals surface area contributed by atoms with Crippen molar-refractivity contribution in [3.05, 3.63) is 60.4 Å². The number of hydrogen-bond donors (Lipinski definition) is 1. The summed E-state index contributed by atoms with van der Waals surface area (Å²) in [6, 6.07) is 16.3. The van der Waals surface area contributed by atoms with Gasteiger partial charge in [-0.1, -0.05) is 18.2 Å². The predicted octanol–water partition coefficient (Wildman–Crippen LogP) is 2.53. The molecule has 0 aliphatic carbocycles. The van der Waals surface area contributed by atoms with E-state index in [1.54, 1.807) is 0 Å². The number of rotatable bonds is 7. The number of hydrogen-bond acceptors (Lipinski definition) is 4. The zero-order valence-electron chi connectivity index (χ0n) is 15.6. The van der Waals surface area contributed by atoms with Crippen LogP contribution < -0.4 is 15.0 Å². The molecule has 2 aromatic rings. The molecule has 1 aliphatic rings. The van der Waals surface area contributed by atoms with E-state index >= 15 is 0 Å². The molecular formula is C21H26FN3O2. The second kappa shape index (κ2) is 9.37. The molecule has 0 unspecified atom stereocenters. The molecule has 0 spiro atoms. The molecule has 27 heavy (non-hydrogen) atoms. The molecule has 2 aromatic carbocycles. The van der Waals surface area contributed by atoms with Crippen LogP contribution in [0, 0.1) is 5.82 Å². The number of halogens is 1. The molecule has 144 valence electrons. The van der Waals surface area contributed by atoms with Gasteiger partial charge in [0.15, 0.2) is 6.61 Å². The van der Waals surface area contributed by atoms with Crippen molar-refractivity contribution in [3.8, 4) is 5.75 Å². The lowest BCUT2D eigenvalue weighted by molar-refractivity contribution is -0.123. The summed E-state index contributed by atoms with van der Waals surface area (Å²) in [7, 11) is 0. The van der Waals surface area contributed by atoms with Gasteiger partial charge in [0.05, 0.1) is 0 Å². The highest BCUT2D eigenvalue weighted by Crippen LogP contribution is 2.16. The Labute approximate surface area is 159 Å². The predicted molar refractivity (Wildman–Crippen MR) is 105 cm³/mol. The number of amides is 1. The van der Waals surface area contributed by atoms with Crippen LogP contribution in [0.25, 0.3) is 0 Å². The van der Waals surface area contributed by atoms with Crippen molar-refractivity contribution >= 4 is 11.6 Å². The third-order valence-corrected chi connectivity index (χ3v) is 4.84. The van der Waals surface area contributed by atoms with Gasteiger partial charge in [-0.3, -0.25) is 9.69 Å². The van der Waals surface area contributed by atoms with Crippen LogP contribution in [0.1, 0.15) is 6.92 Å². The maximum absolute atomic E-state index is 12.9. The molecular weight excluding hydrogens is 345 g/mol. The maximum atomic E-state index is 12.9. The third kappa shape index (κ3) is 5.69. The average molecular weight is 371 g/mol. The number of para-hydroxylation sites is 1. The monoisotopic (exact) mass is 371 g/mol. The quantitative estimate of drug-likeness (QED) is 0.812.